The van der Waals surface area contributed by atoms with E-state index in [0.717, 1.165) is 12.3 Å². The number of nitrogens with zero attached hydrogens (tertiary/aromatic N) is 1. The van der Waals surface area contributed by atoms with Gasteiger partial charge in [-0.1, -0.05) is 11.8 Å². The largest absolute Gasteiger partial charge is 0.384 e. The van der Waals surface area contributed by atoms with Gasteiger partial charge in [-0.15, -0.1) is 0 Å². The summed E-state index contributed by atoms with van der Waals surface area (Å²) in [5.41, 5.74) is 0.134. The number of aliphatic hydroxyl groups excluding tert-OH is 1. The van der Waals surface area contributed by atoms with Gasteiger partial charge in [-0.2, -0.15) is 8.42 Å². The van der Waals surface area contributed by atoms with Crippen LogP contribution in [-0.2, 0) is 10.0 Å². The molecule has 3 N–H and O–H groups in total. The standard InChI is InChI=1S/C12H10FN3O3S/c13-11-6-10(4-3-9(11)2-1-5-17)16-20(18,19)12-7-14-8-15-12/h3-4,6-8,16-17H,5H2,(H,14,15). The summed E-state index contributed by atoms with van der Waals surface area (Å²) in [6.07, 6.45) is 2.36. The Bertz CT molecular complexity index is 761. The van der Waals surface area contributed by atoms with Crippen molar-refractivity contribution in [1.82, 2.24) is 9.97 Å². The molecule has 0 atom stereocenters. The first-order chi connectivity index (χ1) is 9.53. The van der Waals surface area contributed by atoms with Crippen LogP contribution in [0.15, 0.2) is 35.7 Å². The SMILES string of the molecule is O=S(=O)(Nc1ccc(C#CCO)c(F)c1)c1cnc[nH]1. The van der Waals surface area contributed by atoms with Crippen LogP contribution >= 0.6 is 0 Å². The Labute approximate surface area is 114 Å². The minimum Gasteiger partial charge on any atom is -0.384 e. The quantitative estimate of drug-likeness (QED) is 0.726. The van der Waals surface area contributed by atoms with E-state index in [1.807, 2.05) is 0 Å². The summed E-state index contributed by atoms with van der Waals surface area (Å²) in [5.74, 6) is 4.04. The van der Waals surface area contributed by atoms with E-state index in [4.69, 9.17) is 5.11 Å². The number of anilines is 1. The molecule has 2 aromatic rings. The number of aromatic nitrogens is 2. The molecule has 1 heterocycles. The summed E-state index contributed by atoms with van der Waals surface area (Å²) in [7, 11) is -3.83. The summed E-state index contributed by atoms with van der Waals surface area (Å²) in [6, 6.07) is 3.70. The molecule has 0 bridgehead atoms. The van der Waals surface area contributed by atoms with Crippen molar-refractivity contribution in [3.05, 3.63) is 42.1 Å². The number of rotatable bonds is 3. The topological polar surface area (TPSA) is 95.1 Å². The van der Waals surface area contributed by atoms with Crippen molar-refractivity contribution in [3.63, 3.8) is 0 Å². The molecule has 0 saturated heterocycles. The van der Waals surface area contributed by atoms with Gasteiger partial charge in [-0.05, 0) is 18.2 Å². The number of halogens is 1. The maximum absolute atomic E-state index is 13.7. The molecule has 0 fully saturated rings. The maximum atomic E-state index is 13.7. The Morgan fingerprint density at radius 2 is 2.25 bits per heavy atom. The fraction of sp³-hybridized carbons (Fsp3) is 0.0833. The number of H-pyrrole nitrogens is 1. The van der Waals surface area contributed by atoms with Crippen LogP contribution in [0.2, 0.25) is 0 Å². The van der Waals surface area contributed by atoms with Crippen LogP contribution in [0.1, 0.15) is 5.56 Å². The first-order valence-corrected chi connectivity index (χ1v) is 6.92. The first-order valence-electron chi connectivity index (χ1n) is 5.43. The van der Waals surface area contributed by atoms with Crippen LogP contribution in [0, 0.1) is 17.7 Å². The third-order valence-corrected chi connectivity index (χ3v) is 3.59. The molecule has 0 radical (unpaired) electrons. The third kappa shape index (κ3) is 3.14. The van der Waals surface area contributed by atoms with Gasteiger partial charge in [0.1, 0.15) is 12.4 Å². The molecule has 0 saturated carbocycles. The molecular formula is C12H10FN3O3S. The van der Waals surface area contributed by atoms with Gasteiger partial charge in [0.05, 0.1) is 23.8 Å². The van der Waals surface area contributed by atoms with Gasteiger partial charge in [-0.25, -0.2) is 9.37 Å². The molecule has 8 heteroatoms. The van der Waals surface area contributed by atoms with Gasteiger partial charge in [0.25, 0.3) is 10.0 Å². The molecule has 0 aliphatic heterocycles. The Balaban J connectivity index is 2.25. The highest BCUT2D eigenvalue weighted by Crippen LogP contribution is 2.17. The number of nitrogens with one attached hydrogen (secondary N) is 2. The lowest BCUT2D eigenvalue weighted by molar-refractivity contribution is 0.350. The second kappa shape index (κ2) is 5.73. The minimum atomic E-state index is -3.83. The molecule has 1 aromatic heterocycles. The fourth-order valence-corrected chi connectivity index (χ4v) is 2.37. The lowest BCUT2D eigenvalue weighted by Crippen LogP contribution is -2.13. The molecule has 0 spiro atoms. The second-order valence-electron chi connectivity index (χ2n) is 3.68. The maximum Gasteiger partial charge on any atom is 0.278 e. The average Bonchev–Trinajstić information content (AvgIpc) is 2.92. The average molecular weight is 295 g/mol. The van der Waals surface area contributed by atoms with Crippen molar-refractivity contribution in [2.45, 2.75) is 5.03 Å². The van der Waals surface area contributed by atoms with Gasteiger partial charge >= 0.3 is 0 Å². The van der Waals surface area contributed by atoms with Gasteiger partial charge in [0.15, 0.2) is 5.03 Å². The van der Waals surface area contributed by atoms with Crippen LogP contribution in [0.3, 0.4) is 0 Å². The summed E-state index contributed by atoms with van der Waals surface area (Å²) in [6.45, 7) is -0.381. The molecule has 0 unspecified atom stereocenters. The van der Waals surface area contributed by atoms with Crippen LogP contribution in [-0.4, -0.2) is 30.1 Å². The zero-order valence-electron chi connectivity index (χ0n) is 10.1. The Hall–Kier alpha value is -2.37. The van der Waals surface area contributed by atoms with E-state index in [2.05, 4.69) is 26.5 Å². The normalized spacial score (nSPS) is 10.7. The van der Waals surface area contributed by atoms with Gasteiger partial charge in [0.2, 0.25) is 0 Å². The highest BCUT2D eigenvalue weighted by atomic mass is 32.2. The van der Waals surface area contributed by atoms with E-state index < -0.39 is 15.8 Å². The van der Waals surface area contributed by atoms with Crippen LogP contribution in [0.5, 0.6) is 0 Å². The third-order valence-electron chi connectivity index (χ3n) is 2.29. The Morgan fingerprint density at radius 1 is 1.45 bits per heavy atom. The predicted molar refractivity (Wildman–Crippen MR) is 69.8 cm³/mol. The van der Waals surface area contributed by atoms with E-state index in [-0.39, 0.29) is 22.9 Å². The van der Waals surface area contributed by atoms with E-state index >= 15 is 0 Å². The van der Waals surface area contributed by atoms with Crippen molar-refractivity contribution in [1.29, 1.82) is 0 Å². The number of aromatic amines is 1. The van der Waals surface area contributed by atoms with Gasteiger partial charge < -0.3 is 10.1 Å². The van der Waals surface area contributed by atoms with Crippen LogP contribution in [0.25, 0.3) is 0 Å². The molecule has 0 aliphatic carbocycles. The number of sulfonamides is 1. The van der Waals surface area contributed by atoms with E-state index in [1.54, 1.807) is 0 Å². The van der Waals surface area contributed by atoms with E-state index in [1.165, 1.54) is 18.5 Å². The summed E-state index contributed by atoms with van der Waals surface area (Å²) < 4.78 is 39.6. The van der Waals surface area contributed by atoms with Crippen molar-refractivity contribution in [2.75, 3.05) is 11.3 Å². The van der Waals surface area contributed by atoms with Crippen molar-refractivity contribution in [2.24, 2.45) is 0 Å². The second-order valence-corrected chi connectivity index (χ2v) is 5.33. The van der Waals surface area contributed by atoms with Crippen LogP contribution in [0.4, 0.5) is 10.1 Å². The highest BCUT2D eigenvalue weighted by Gasteiger charge is 2.16. The van der Waals surface area contributed by atoms with Crippen molar-refractivity contribution in [3.8, 4) is 11.8 Å². The molecule has 1 aromatic carbocycles. The van der Waals surface area contributed by atoms with E-state index in [0.29, 0.717) is 0 Å². The van der Waals surface area contributed by atoms with Crippen molar-refractivity contribution < 1.29 is 17.9 Å². The first kappa shape index (κ1) is 14.0. The fourth-order valence-electron chi connectivity index (χ4n) is 1.41. The smallest absolute Gasteiger partial charge is 0.278 e. The molecule has 6 nitrogen and oxygen atoms in total. The van der Waals surface area contributed by atoms with Crippen LogP contribution < -0.4 is 4.72 Å². The zero-order valence-corrected chi connectivity index (χ0v) is 10.9. The van der Waals surface area contributed by atoms with E-state index in [9.17, 15) is 12.8 Å². The molecular weight excluding hydrogens is 285 g/mol. The van der Waals surface area contributed by atoms with Crippen molar-refractivity contribution >= 4 is 15.7 Å². The summed E-state index contributed by atoms with van der Waals surface area (Å²) in [5, 5.41) is 8.41. The summed E-state index contributed by atoms with van der Waals surface area (Å²) in [4.78, 5) is 6.05. The number of benzene rings is 1. The predicted octanol–water partition coefficient (Wildman–Crippen LogP) is 0.693. The lowest BCUT2D eigenvalue weighted by atomic mass is 10.2. The highest BCUT2D eigenvalue weighted by molar-refractivity contribution is 7.92. The Morgan fingerprint density at radius 3 is 2.85 bits per heavy atom. The minimum absolute atomic E-state index is 0.0617. The molecule has 20 heavy (non-hydrogen) atoms. The summed E-state index contributed by atoms with van der Waals surface area (Å²) >= 11 is 0. The number of hydrogen-bond acceptors (Lipinski definition) is 4. The van der Waals surface area contributed by atoms with Gasteiger partial charge in [0, 0.05) is 0 Å². The lowest BCUT2D eigenvalue weighted by Gasteiger charge is -2.06. The zero-order chi connectivity index (χ0) is 14.6. The molecule has 2 rings (SSSR count). The number of hydrogen-bond donors (Lipinski definition) is 3. The van der Waals surface area contributed by atoms with Gasteiger partial charge in [-0.3, -0.25) is 4.72 Å². The molecule has 0 aliphatic rings. The molecule has 0 amide bonds. The number of imidazole rings is 1. The monoisotopic (exact) mass is 295 g/mol. The Kier molecular flexibility index (Phi) is 4.02. The molecule has 104 valence electrons. The number of aliphatic hydroxyl groups is 1.